The van der Waals surface area contributed by atoms with Crippen molar-refractivity contribution in [3.8, 4) is 11.5 Å². The van der Waals surface area contributed by atoms with E-state index in [2.05, 4.69) is 21.2 Å². The predicted molar refractivity (Wildman–Crippen MR) is 155 cm³/mol. The number of rotatable bonds is 10. The van der Waals surface area contributed by atoms with Crippen LogP contribution >= 0.6 is 39.3 Å². The van der Waals surface area contributed by atoms with E-state index >= 15 is 0 Å². The Labute approximate surface area is 246 Å². The fourth-order valence-corrected chi connectivity index (χ4v) is 4.89. The van der Waals surface area contributed by atoms with Crippen LogP contribution in [0.2, 0.25) is 5.02 Å². The molecule has 206 valence electrons. The summed E-state index contributed by atoms with van der Waals surface area (Å²) in [6.07, 6.45) is 1.53. The molecular formula is C27H21BrClN3O7S. The molecule has 0 bridgehead atoms. The van der Waals surface area contributed by atoms with Crippen molar-refractivity contribution in [1.82, 2.24) is 4.90 Å². The van der Waals surface area contributed by atoms with E-state index in [0.29, 0.717) is 44.4 Å². The molecule has 3 aromatic carbocycles. The first-order valence-corrected chi connectivity index (χ1v) is 13.8. The molecule has 1 aliphatic rings. The Hall–Kier alpha value is -3.87. The van der Waals surface area contributed by atoms with E-state index in [1.165, 1.54) is 18.2 Å². The molecule has 4 rings (SSSR count). The average molecular weight is 647 g/mol. The summed E-state index contributed by atoms with van der Waals surface area (Å²) in [4.78, 5) is 49.5. The topological polar surface area (TPSA) is 128 Å². The molecule has 0 spiro atoms. The Morgan fingerprint density at radius 3 is 2.65 bits per heavy atom. The lowest BCUT2D eigenvalue weighted by Crippen LogP contribution is -2.36. The minimum Gasteiger partial charge on any atom is -0.490 e. The van der Waals surface area contributed by atoms with Crippen LogP contribution in [0, 0.1) is 10.1 Å². The van der Waals surface area contributed by atoms with Gasteiger partial charge < -0.3 is 14.8 Å². The number of nitrogens with zero attached hydrogens (tertiary/aromatic N) is 2. The van der Waals surface area contributed by atoms with Gasteiger partial charge in [0.1, 0.15) is 13.2 Å². The maximum atomic E-state index is 12.9. The second-order valence-corrected chi connectivity index (χ2v) is 10.6. The number of nitro benzene ring substituents is 1. The largest absolute Gasteiger partial charge is 0.490 e. The number of benzene rings is 3. The highest BCUT2D eigenvalue weighted by Crippen LogP contribution is 2.35. The van der Waals surface area contributed by atoms with Gasteiger partial charge in [0.15, 0.2) is 11.5 Å². The van der Waals surface area contributed by atoms with E-state index < -0.39 is 28.5 Å². The van der Waals surface area contributed by atoms with Crippen molar-refractivity contribution in [2.24, 2.45) is 0 Å². The molecule has 0 radical (unpaired) electrons. The number of hydrogen-bond acceptors (Lipinski definition) is 8. The molecular weight excluding hydrogens is 626 g/mol. The van der Waals surface area contributed by atoms with Crippen LogP contribution in [0.3, 0.4) is 0 Å². The van der Waals surface area contributed by atoms with Crippen molar-refractivity contribution in [2.75, 3.05) is 18.5 Å². The molecule has 0 aliphatic carbocycles. The Balaban J connectivity index is 1.44. The van der Waals surface area contributed by atoms with Crippen molar-refractivity contribution in [2.45, 2.75) is 13.5 Å². The third-order valence-corrected chi connectivity index (χ3v) is 7.60. The van der Waals surface area contributed by atoms with Gasteiger partial charge in [0, 0.05) is 22.3 Å². The van der Waals surface area contributed by atoms with Gasteiger partial charge in [-0.1, -0.05) is 29.8 Å². The Morgan fingerprint density at radius 1 is 1.12 bits per heavy atom. The van der Waals surface area contributed by atoms with Gasteiger partial charge in [-0.05, 0) is 82.2 Å². The van der Waals surface area contributed by atoms with Gasteiger partial charge in [-0.2, -0.15) is 0 Å². The van der Waals surface area contributed by atoms with Crippen molar-refractivity contribution < 1.29 is 28.8 Å². The number of carbonyl (C=O) groups is 3. The van der Waals surface area contributed by atoms with Crippen LogP contribution in [0.5, 0.6) is 11.5 Å². The molecule has 0 unspecified atom stereocenters. The molecule has 1 N–H and O–H groups in total. The first kappa shape index (κ1) is 29.1. The zero-order valence-corrected chi connectivity index (χ0v) is 24.0. The number of ether oxygens (including phenoxy) is 2. The van der Waals surface area contributed by atoms with E-state index in [1.807, 2.05) is 0 Å². The smallest absolute Gasteiger partial charge is 0.294 e. The summed E-state index contributed by atoms with van der Waals surface area (Å²) in [6, 6.07) is 16.0. The summed E-state index contributed by atoms with van der Waals surface area (Å²) < 4.78 is 12.2. The van der Waals surface area contributed by atoms with Crippen LogP contribution in [0.15, 0.2) is 70.0 Å². The Bertz CT molecular complexity index is 1530. The molecule has 3 aromatic rings. The number of amides is 3. The van der Waals surface area contributed by atoms with Crippen LogP contribution in [-0.4, -0.2) is 40.0 Å². The second-order valence-electron chi connectivity index (χ2n) is 8.30. The fourth-order valence-electron chi connectivity index (χ4n) is 3.63. The van der Waals surface area contributed by atoms with Crippen molar-refractivity contribution in [1.29, 1.82) is 0 Å². The summed E-state index contributed by atoms with van der Waals surface area (Å²) in [5.74, 6) is -0.342. The average Bonchev–Trinajstić information content (AvgIpc) is 3.17. The van der Waals surface area contributed by atoms with Crippen molar-refractivity contribution in [3.63, 3.8) is 0 Å². The lowest BCUT2D eigenvalue weighted by molar-refractivity contribution is -0.384. The SMILES string of the molecule is CCOc1cc(/C=C2/SC(=O)N(CC(=O)Nc3ccc(Br)c(Cl)c3)C2=O)ccc1OCc1cccc([N+](=O)[O-])c1. The highest BCUT2D eigenvalue weighted by Gasteiger charge is 2.36. The van der Waals surface area contributed by atoms with E-state index in [4.69, 9.17) is 21.1 Å². The number of carbonyl (C=O) groups excluding carboxylic acids is 3. The zero-order chi connectivity index (χ0) is 28.8. The van der Waals surface area contributed by atoms with Gasteiger partial charge in [0.25, 0.3) is 16.8 Å². The lowest BCUT2D eigenvalue weighted by Gasteiger charge is -2.13. The standard InChI is InChI=1S/C27H21BrClN3O7S/c1-2-38-23-11-16(6-9-22(23)39-15-17-4-3-5-19(10-17)32(36)37)12-24-26(34)31(27(35)40-24)14-25(33)30-18-7-8-20(28)21(29)13-18/h3-13H,2,14-15H2,1H3,(H,30,33)/b24-12+. The minimum absolute atomic E-state index is 0.0365. The first-order valence-electron chi connectivity index (χ1n) is 11.8. The van der Waals surface area contributed by atoms with Gasteiger partial charge in [0.05, 0.1) is 21.5 Å². The van der Waals surface area contributed by atoms with E-state index in [9.17, 15) is 24.5 Å². The molecule has 1 saturated heterocycles. The third kappa shape index (κ3) is 7.20. The molecule has 1 heterocycles. The van der Waals surface area contributed by atoms with Crippen molar-refractivity contribution in [3.05, 3.63) is 96.3 Å². The summed E-state index contributed by atoms with van der Waals surface area (Å²) >= 11 is 10.0. The van der Waals surface area contributed by atoms with Gasteiger partial charge >= 0.3 is 0 Å². The third-order valence-electron chi connectivity index (χ3n) is 5.46. The first-order chi connectivity index (χ1) is 19.1. The maximum absolute atomic E-state index is 12.9. The normalized spacial score (nSPS) is 14.0. The summed E-state index contributed by atoms with van der Waals surface area (Å²) in [6.45, 7) is 1.76. The number of non-ortho nitro benzene ring substituents is 1. The molecule has 1 aliphatic heterocycles. The quantitative estimate of drug-likeness (QED) is 0.147. The van der Waals surface area contributed by atoms with Crippen LogP contribution in [0.1, 0.15) is 18.1 Å². The van der Waals surface area contributed by atoms with Gasteiger partial charge in [0.2, 0.25) is 5.91 Å². The molecule has 0 aromatic heterocycles. The molecule has 0 atom stereocenters. The molecule has 40 heavy (non-hydrogen) atoms. The monoisotopic (exact) mass is 645 g/mol. The number of hydrogen-bond donors (Lipinski definition) is 1. The Kier molecular flexibility index (Phi) is 9.46. The maximum Gasteiger partial charge on any atom is 0.294 e. The van der Waals surface area contributed by atoms with Gasteiger partial charge in [-0.25, -0.2) is 0 Å². The number of halogens is 2. The number of nitrogens with one attached hydrogen (secondary N) is 1. The molecule has 1 fully saturated rings. The summed E-state index contributed by atoms with van der Waals surface area (Å²) in [5.41, 5.74) is 1.58. The Morgan fingerprint density at radius 2 is 1.93 bits per heavy atom. The predicted octanol–water partition coefficient (Wildman–Crippen LogP) is 6.66. The van der Waals surface area contributed by atoms with Crippen LogP contribution in [0.25, 0.3) is 6.08 Å². The number of imide groups is 1. The zero-order valence-electron chi connectivity index (χ0n) is 20.9. The molecule has 10 nitrogen and oxygen atoms in total. The number of nitro groups is 1. The van der Waals surface area contributed by atoms with Crippen LogP contribution in [0.4, 0.5) is 16.2 Å². The van der Waals surface area contributed by atoms with Crippen LogP contribution in [-0.2, 0) is 16.2 Å². The van der Waals surface area contributed by atoms with E-state index in [-0.39, 0.29) is 17.2 Å². The van der Waals surface area contributed by atoms with Gasteiger partial charge in [-0.3, -0.25) is 29.4 Å². The lowest BCUT2D eigenvalue weighted by atomic mass is 10.1. The fraction of sp³-hybridized carbons (Fsp3) is 0.148. The molecule has 3 amide bonds. The minimum atomic E-state index is -0.594. The summed E-state index contributed by atoms with van der Waals surface area (Å²) in [7, 11) is 0. The molecule has 13 heteroatoms. The van der Waals surface area contributed by atoms with Crippen LogP contribution < -0.4 is 14.8 Å². The molecule has 0 saturated carbocycles. The highest BCUT2D eigenvalue weighted by molar-refractivity contribution is 9.10. The van der Waals surface area contributed by atoms with E-state index in [1.54, 1.807) is 55.5 Å². The second kappa shape index (κ2) is 13.0. The summed E-state index contributed by atoms with van der Waals surface area (Å²) in [5, 5.41) is 13.5. The number of thioether (sulfide) groups is 1. The van der Waals surface area contributed by atoms with E-state index in [0.717, 1.165) is 16.7 Å². The number of anilines is 1. The van der Waals surface area contributed by atoms with Gasteiger partial charge in [-0.15, -0.1) is 0 Å². The van der Waals surface area contributed by atoms with Crippen molar-refractivity contribution >= 4 is 73.8 Å². The highest BCUT2D eigenvalue weighted by atomic mass is 79.9.